The zero-order valence-electron chi connectivity index (χ0n) is 14.7. The molecule has 1 aliphatic rings. The van der Waals surface area contributed by atoms with Crippen LogP contribution in [0.3, 0.4) is 0 Å². The van der Waals surface area contributed by atoms with Crippen molar-refractivity contribution in [1.29, 1.82) is 0 Å². The van der Waals surface area contributed by atoms with Gasteiger partial charge in [0.25, 0.3) is 6.47 Å². The molecule has 0 saturated heterocycles. The minimum atomic E-state index is -0.667. The molecule has 2 rings (SSSR count). The lowest BCUT2D eigenvalue weighted by molar-refractivity contribution is -0.122. The summed E-state index contributed by atoms with van der Waals surface area (Å²) < 4.78 is 5.29. The summed E-state index contributed by atoms with van der Waals surface area (Å²) >= 11 is 0. The lowest BCUT2D eigenvalue weighted by Gasteiger charge is -2.20. The number of aliphatic hydroxyl groups is 1. The largest absolute Gasteiger partial charge is 0.483 e. The molecule has 6 nitrogen and oxygen atoms in total. The minimum absolute atomic E-state index is 0.250. The van der Waals surface area contributed by atoms with Gasteiger partial charge in [0.1, 0.15) is 5.76 Å². The van der Waals surface area contributed by atoms with Crippen LogP contribution in [0.1, 0.15) is 57.3 Å². The molecule has 0 aromatic carbocycles. The molecule has 24 heavy (non-hydrogen) atoms. The van der Waals surface area contributed by atoms with E-state index in [1.165, 1.54) is 38.5 Å². The van der Waals surface area contributed by atoms with Crippen LogP contribution in [0.15, 0.2) is 34.7 Å². The predicted octanol–water partition coefficient (Wildman–Crippen LogP) is 3.42. The van der Waals surface area contributed by atoms with Gasteiger partial charge in [-0.25, -0.2) is 0 Å². The molecule has 2 N–H and O–H groups in total. The molecule has 0 aliphatic carbocycles. The van der Waals surface area contributed by atoms with Crippen LogP contribution >= 0.6 is 0 Å². The fraction of sp³-hybridized carbons (Fsp3) is 0.611. The van der Waals surface area contributed by atoms with Crippen molar-refractivity contribution in [1.82, 2.24) is 9.80 Å². The van der Waals surface area contributed by atoms with Gasteiger partial charge in [-0.1, -0.05) is 39.0 Å². The van der Waals surface area contributed by atoms with E-state index >= 15 is 0 Å². The Hall–Kier alpha value is -1.95. The van der Waals surface area contributed by atoms with Gasteiger partial charge in [0.15, 0.2) is 6.10 Å². The van der Waals surface area contributed by atoms with Crippen LogP contribution in [0.25, 0.3) is 0 Å². The molecule has 136 valence electrons. The van der Waals surface area contributed by atoms with E-state index in [0.717, 1.165) is 18.9 Å². The number of rotatable bonds is 9. The number of aliphatic hydroxyl groups excluding tert-OH is 1. The number of carboxylic acid groups (broad SMARTS) is 1. The number of nitrogens with zero attached hydrogens (tertiary/aromatic N) is 2. The lowest BCUT2D eigenvalue weighted by atomic mass is 10.1. The Morgan fingerprint density at radius 1 is 1.29 bits per heavy atom. The zero-order chi connectivity index (χ0) is 17.8. The number of hydrogen-bond donors (Lipinski definition) is 2. The lowest BCUT2D eigenvalue weighted by Crippen LogP contribution is -2.25. The average molecular weight is 338 g/mol. The van der Waals surface area contributed by atoms with Gasteiger partial charge in [-0.3, -0.25) is 4.79 Å². The Bertz CT molecular complexity index is 473. The van der Waals surface area contributed by atoms with E-state index < -0.39 is 6.10 Å². The summed E-state index contributed by atoms with van der Waals surface area (Å²) in [7, 11) is 2.01. The van der Waals surface area contributed by atoms with Crippen molar-refractivity contribution >= 4 is 6.47 Å². The van der Waals surface area contributed by atoms with E-state index in [0.29, 0.717) is 5.76 Å². The summed E-state index contributed by atoms with van der Waals surface area (Å²) in [5, 5.41) is 17.2. The van der Waals surface area contributed by atoms with Crippen LogP contribution in [-0.4, -0.2) is 46.7 Å². The first-order chi connectivity index (χ1) is 11.6. The molecule has 0 amide bonds. The summed E-state index contributed by atoms with van der Waals surface area (Å²) in [4.78, 5) is 12.7. The van der Waals surface area contributed by atoms with E-state index in [-0.39, 0.29) is 6.47 Å². The Kier molecular flexibility index (Phi) is 9.68. The second-order valence-corrected chi connectivity index (χ2v) is 6.00. The fourth-order valence-electron chi connectivity index (χ4n) is 2.78. The van der Waals surface area contributed by atoms with Crippen molar-refractivity contribution in [2.45, 2.75) is 51.6 Å². The summed E-state index contributed by atoms with van der Waals surface area (Å²) in [5.74, 6) is 0.606. The van der Waals surface area contributed by atoms with Crippen LogP contribution in [-0.2, 0) is 4.79 Å². The second kappa shape index (κ2) is 11.6. The monoisotopic (exact) mass is 338 g/mol. The molecule has 1 aliphatic heterocycles. The Balaban J connectivity index is 0.000000891. The van der Waals surface area contributed by atoms with Crippen LogP contribution < -0.4 is 0 Å². The first-order valence-corrected chi connectivity index (χ1v) is 8.60. The molecule has 0 spiro atoms. The van der Waals surface area contributed by atoms with Gasteiger partial charge in [0.05, 0.1) is 18.6 Å². The van der Waals surface area contributed by atoms with E-state index in [9.17, 15) is 5.11 Å². The van der Waals surface area contributed by atoms with Crippen molar-refractivity contribution in [3.8, 4) is 0 Å². The normalized spacial score (nSPS) is 14.9. The molecule has 2 heterocycles. The van der Waals surface area contributed by atoms with Crippen LogP contribution in [0.4, 0.5) is 0 Å². The van der Waals surface area contributed by atoms with E-state index in [4.69, 9.17) is 14.3 Å². The van der Waals surface area contributed by atoms with Gasteiger partial charge < -0.3 is 24.4 Å². The van der Waals surface area contributed by atoms with Crippen molar-refractivity contribution < 1.29 is 19.4 Å². The molecule has 1 atom stereocenters. The maximum Gasteiger partial charge on any atom is 0.290 e. The van der Waals surface area contributed by atoms with E-state index in [1.54, 1.807) is 6.26 Å². The standard InChI is InChI=1S/C17H28N2O2.CH2O2/c1-3-4-5-6-7-8-11-19-13-15(18(2)14-19)17(20)16-10-9-12-21-16;2-1-3/h9-10,12-13,17,20H,3-8,11,14H2,1-2H3;1H,(H,2,3). The molecule has 1 aromatic heterocycles. The van der Waals surface area contributed by atoms with Crippen LogP contribution in [0, 0.1) is 0 Å². The average Bonchev–Trinajstić information content (AvgIpc) is 3.21. The smallest absolute Gasteiger partial charge is 0.290 e. The molecule has 6 heteroatoms. The van der Waals surface area contributed by atoms with Crippen molar-refractivity contribution in [3.05, 3.63) is 36.1 Å². The van der Waals surface area contributed by atoms with Crippen LogP contribution in [0.2, 0.25) is 0 Å². The zero-order valence-corrected chi connectivity index (χ0v) is 14.7. The van der Waals surface area contributed by atoms with E-state index in [2.05, 4.69) is 22.9 Å². The Morgan fingerprint density at radius 3 is 2.58 bits per heavy atom. The third kappa shape index (κ3) is 6.66. The SMILES string of the molecule is CCCCCCCCN1C=C(C(O)c2ccco2)N(C)C1.O=CO. The first-order valence-electron chi connectivity index (χ1n) is 8.60. The molecule has 0 radical (unpaired) electrons. The predicted molar refractivity (Wildman–Crippen MR) is 93.2 cm³/mol. The Morgan fingerprint density at radius 2 is 1.96 bits per heavy atom. The number of unbranched alkanes of at least 4 members (excludes halogenated alkanes) is 5. The molecule has 1 aromatic rings. The van der Waals surface area contributed by atoms with Gasteiger partial charge in [-0.15, -0.1) is 0 Å². The number of furan rings is 1. The maximum atomic E-state index is 10.3. The summed E-state index contributed by atoms with van der Waals surface area (Å²) in [6, 6.07) is 3.62. The molecular formula is C18H30N2O4. The van der Waals surface area contributed by atoms with Gasteiger partial charge in [0.2, 0.25) is 0 Å². The van der Waals surface area contributed by atoms with Crippen LogP contribution in [0.5, 0.6) is 0 Å². The van der Waals surface area contributed by atoms with Gasteiger partial charge in [0, 0.05) is 19.8 Å². The molecule has 1 unspecified atom stereocenters. The molecule has 0 bridgehead atoms. The topological polar surface area (TPSA) is 77.2 Å². The number of hydrogen-bond acceptors (Lipinski definition) is 5. The summed E-state index contributed by atoms with van der Waals surface area (Å²) in [6.07, 6.45) is 10.9. The Labute approximate surface area is 144 Å². The highest BCUT2D eigenvalue weighted by molar-refractivity contribution is 5.32. The second-order valence-electron chi connectivity index (χ2n) is 6.00. The molecule has 0 saturated carbocycles. The van der Waals surface area contributed by atoms with Gasteiger partial charge in [-0.05, 0) is 18.6 Å². The summed E-state index contributed by atoms with van der Waals surface area (Å²) in [6.45, 7) is 3.91. The van der Waals surface area contributed by atoms with Crippen molar-refractivity contribution in [2.75, 3.05) is 20.3 Å². The van der Waals surface area contributed by atoms with Crippen molar-refractivity contribution in [2.24, 2.45) is 0 Å². The minimum Gasteiger partial charge on any atom is -0.483 e. The highest BCUT2D eigenvalue weighted by Crippen LogP contribution is 2.28. The fourth-order valence-corrected chi connectivity index (χ4v) is 2.78. The summed E-state index contributed by atoms with van der Waals surface area (Å²) in [5.41, 5.74) is 0.913. The van der Waals surface area contributed by atoms with Gasteiger partial charge >= 0.3 is 0 Å². The molecule has 0 fully saturated rings. The third-order valence-electron chi connectivity index (χ3n) is 4.04. The quantitative estimate of drug-likeness (QED) is 0.531. The highest BCUT2D eigenvalue weighted by Gasteiger charge is 2.25. The number of likely N-dealkylation sites (N-methyl/N-ethyl adjacent to an activating group) is 1. The first kappa shape index (κ1) is 20.1. The maximum absolute atomic E-state index is 10.3. The highest BCUT2D eigenvalue weighted by atomic mass is 16.4. The van der Waals surface area contributed by atoms with Gasteiger partial charge in [-0.2, -0.15) is 0 Å². The molecular weight excluding hydrogens is 308 g/mol. The van der Waals surface area contributed by atoms with E-state index in [1.807, 2.05) is 19.2 Å². The van der Waals surface area contributed by atoms with Crippen molar-refractivity contribution in [3.63, 3.8) is 0 Å². The third-order valence-corrected chi connectivity index (χ3v) is 4.04. The number of carbonyl (C=O) groups is 1.